The van der Waals surface area contributed by atoms with Gasteiger partial charge in [0, 0.05) is 45.5 Å². The van der Waals surface area contributed by atoms with Crippen molar-refractivity contribution in [3.63, 3.8) is 0 Å². The van der Waals surface area contributed by atoms with Gasteiger partial charge in [0.05, 0.1) is 13.7 Å². The van der Waals surface area contributed by atoms with E-state index in [0.29, 0.717) is 57.8 Å². The molecule has 0 unspecified atom stereocenters. The highest BCUT2D eigenvalue weighted by molar-refractivity contribution is 6.07. The first-order valence-corrected chi connectivity index (χ1v) is 11.7. The van der Waals surface area contributed by atoms with E-state index in [0.717, 1.165) is 11.1 Å². The molecule has 0 bridgehead atoms. The molecule has 1 spiro atoms. The number of para-hydroxylation sites is 1. The van der Waals surface area contributed by atoms with Crippen LogP contribution in [0.1, 0.15) is 30.4 Å². The number of urea groups is 1. The summed E-state index contributed by atoms with van der Waals surface area (Å²) in [5, 5.41) is 10.5. The summed E-state index contributed by atoms with van der Waals surface area (Å²) < 4.78 is 10.4. The molecule has 2 aliphatic rings. The van der Waals surface area contributed by atoms with Gasteiger partial charge in [-0.05, 0) is 30.9 Å². The molecule has 2 heterocycles. The quantitative estimate of drug-likeness (QED) is 0.450. The fourth-order valence-electron chi connectivity index (χ4n) is 5.03. The van der Waals surface area contributed by atoms with Gasteiger partial charge in [-0.25, -0.2) is 4.79 Å². The summed E-state index contributed by atoms with van der Waals surface area (Å²) in [4.78, 5) is 32.5. The maximum atomic E-state index is 13.7. The van der Waals surface area contributed by atoms with Gasteiger partial charge in [0.25, 0.3) is 5.91 Å². The molecule has 8 heteroatoms. The van der Waals surface area contributed by atoms with Crippen LogP contribution in [0.4, 0.5) is 4.79 Å². The van der Waals surface area contributed by atoms with Crippen molar-refractivity contribution in [1.29, 1.82) is 0 Å². The number of nitrogens with zero attached hydrogens (tertiary/aromatic N) is 3. The van der Waals surface area contributed by atoms with Crippen LogP contribution >= 0.6 is 0 Å². The summed E-state index contributed by atoms with van der Waals surface area (Å²) in [5.74, 6) is 0.485. The van der Waals surface area contributed by atoms with Gasteiger partial charge in [0.1, 0.15) is 5.54 Å². The third kappa shape index (κ3) is 4.60. The van der Waals surface area contributed by atoms with Gasteiger partial charge in [0.15, 0.2) is 11.5 Å². The molecular formula is C26H33N3O5. The number of hydrogen-bond donors (Lipinski definition) is 1. The minimum Gasteiger partial charge on any atom is -0.504 e. The highest BCUT2D eigenvalue weighted by Gasteiger charge is 2.57. The molecule has 0 aliphatic carbocycles. The number of carbonyl (C=O) groups is 2. The van der Waals surface area contributed by atoms with Crippen LogP contribution in [-0.4, -0.2) is 77.7 Å². The lowest BCUT2D eigenvalue weighted by molar-refractivity contribution is -0.136. The summed E-state index contributed by atoms with van der Waals surface area (Å²) in [6.07, 6.45) is 1.79. The average Bonchev–Trinajstić information content (AvgIpc) is 3.04. The molecule has 34 heavy (non-hydrogen) atoms. The number of likely N-dealkylation sites (tertiary alicyclic amines) is 1. The average molecular weight is 468 g/mol. The van der Waals surface area contributed by atoms with Crippen molar-refractivity contribution < 1.29 is 24.2 Å². The van der Waals surface area contributed by atoms with Crippen LogP contribution in [0.5, 0.6) is 11.5 Å². The number of phenols is 1. The smallest absolute Gasteiger partial charge is 0.327 e. The third-order valence-corrected chi connectivity index (χ3v) is 6.92. The molecule has 2 aromatic rings. The zero-order valence-corrected chi connectivity index (χ0v) is 19.9. The van der Waals surface area contributed by atoms with Gasteiger partial charge in [0.2, 0.25) is 0 Å². The Morgan fingerprint density at radius 1 is 0.971 bits per heavy atom. The Balaban J connectivity index is 1.51. The molecule has 2 aliphatic heterocycles. The standard InChI is InChI=1S/C26H33N3O5/c1-33-17-7-14-29-25(32)28(18-20-8-4-3-5-9-20)24(31)26(29)12-15-27(16-13-26)19-21-10-6-11-22(34-2)23(21)30/h3-6,8-11,30H,7,12-19H2,1-2H3. The lowest BCUT2D eigenvalue weighted by Gasteiger charge is -2.42. The van der Waals surface area contributed by atoms with Crippen LogP contribution in [0.15, 0.2) is 48.5 Å². The van der Waals surface area contributed by atoms with E-state index in [-0.39, 0.29) is 24.2 Å². The second kappa shape index (κ2) is 10.4. The predicted molar refractivity (Wildman–Crippen MR) is 127 cm³/mol. The van der Waals surface area contributed by atoms with Gasteiger partial charge in [-0.2, -0.15) is 0 Å². The molecule has 0 aromatic heterocycles. The first-order chi connectivity index (χ1) is 16.5. The lowest BCUT2D eigenvalue weighted by Crippen LogP contribution is -2.56. The molecule has 2 fully saturated rings. The first kappa shape index (κ1) is 24.0. The fraction of sp³-hybridized carbons (Fsp3) is 0.462. The number of phenolic OH excluding ortho intramolecular Hbond substituents is 1. The van der Waals surface area contributed by atoms with Crippen LogP contribution < -0.4 is 4.74 Å². The maximum Gasteiger partial charge on any atom is 0.327 e. The van der Waals surface area contributed by atoms with Crippen molar-refractivity contribution in [2.75, 3.05) is 40.5 Å². The second-order valence-electron chi connectivity index (χ2n) is 8.93. The predicted octanol–water partition coefficient (Wildman–Crippen LogP) is 3.24. The molecule has 182 valence electrons. The molecule has 2 aromatic carbocycles. The number of aromatic hydroxyl groups is 1. The fourth-order valence-corrected chi connectivity index (χ4v) is 5.03. The van der Waals surface area contributed by atoms with E-state index in [2.05, 4.69) is 4.90 Å². The van der Waals surface area contributed by atoms with E-state index in [4.69, 9.17) is 9.47 Å². The number of benzene rings is 2. The molecule has 2 saturated heterocycles. The molecule has 3 amide bonds. The first-order valence-electron chi connectivity index (χ1n) is 11.7. The number of piperidine rings is 1. The monoisotopic (exact) mass is 467 g/mol. The number of ether oxygens (including phenoxy) is 2. The Labute approximate surface area is 200 Å². The van der Waals surface area contributed by atoms with Gasteiger partial charge in [-0.15, -0.1) is 0 Å². The van der Waals surface area contributed by atoms with Gasteiger partial charge >= 0.3 is 6.03 Å². The Morgan fingerprint density at radius 2 is 1.71 bits per heavy atom. The number of rotatable bonds is 9. The summed E-state index contributed by atoms with van der Waals surface area (Å²) >= 11 is 0. The van der Waals surface area contributed by atoms with Crippen molar-refractivity contribution in [3.05, 3.63) is 59.7 Å². The van der Waals surface area contributed by atoms with Gasteiger partial charge in [-0.1, -0.05) is 42.5 Å². The Kier molecular flexibility index (Phi) is 7.38. The number of methoxy groups -OCH3 is 2. The third-order valence-electron chi connectivity index (χ3n) is 6.92. The van der Waals surface area contributed by atoms with Crippen molar-refractivity contribution >= 4 is 11.9 Å². The summed E-state index contributed by atoms with van der Waals surface area (Å²) in [5.41, 5.74) is 0.891. The van der Waals surface area contributed by atoms with E-state index < -0.39 is 5.54 Å². The lowest BCUT2D eigenvalue weighted by atomic mass is 9.85. The number of amides is 3. The number of carbonyl (C=O) groups excluding carboxylic acids is 2. The highest BCUT2D eigenvalue weighted by atomic mass is 16.5. The van der Waals surface area contributed by atoms with Crippen LogP contribution in [0, 0.1) is 0 Å². The summed E-state index contributed by atoms with van der Waals surface area (Å²) in [6.45, 7) is 3.15. The Hall–Kier alpha value is -3.10. The van der Waals surface area contributed by atoms with Gasteiger partial charge in [-0.3, -0.25) is 14.6 Å². The van der Waals surface area contributed by atoms with E-state index >= 15 is 0 Å². The normalized spacial score (nSPS) is 18.2. The van der Waals surface area contributed by atoms with Gasteiger partial charge < -0.3 is 19.5 Å². The molecule has 0 saturated carbocycles. The second-order valence-corrected chi connectivity index (χ2v) is 8.93. The Morgan fingerprint density at radius 3 is 2.38 bits per heavy atom. The van der Waals surface area contributed by atoms with Crippen LogP contribution in [0.25, 0.3) is 0 Å². The largest absolute Gasteiger partial charge is 0.504 e. The van der Waals surface area contributed by atoms with Crippen LogP contribution in [0.2, 0.25) is 0 Å². The van der Waals surface area contributed by atoms with Crippen molar-refractivity contribution in [2.45, 2.75) is 37.9 Å². The van der Waals surface area contributed by atoms with Crippen LogP contribution in [0.3, 0.4) is 0 Å². The number of imide groups is 1. The topological polar surface area (TPSA) is 82.6 Å². The van der Waals surface area contributed by atoms with E-state index in [9.17, 15) is 14.7 Å². The van der Waals surface area contributed by atoms with E-state index in [1.807, 2.05) is 42.5 Å². The van der Waals surface area contributed by atoms with Crippen molar-refractivity contribution in [1.82, 2.24) is 14.7 Å². The molecule has 1 N–H and O–H groups in total. The van der Waals surface area contributed by atoms with Crippen molar-refractivity contribution in [3.8, 4) is 11.5 Å². The van der Waals surface area contributed by atoms with Crippen LogP contribution in [-0.2, 0) is 22.6 Å². The summed E-state index contributed by atoms with van der Waals surface area (Å²) in [7, 11) is 3.17. The van der Waals surface area contributed by atoms with E-state index in [1.165, 1.54) is 12.0 Å². The number of hydrogen-bond acceptors (Lipinski definition) is 6. The molecule has 8 nitrogen and oxygen atoms in total. The van der Waals surface area contributed by atoms with E-state index in [1.54, 1.807) is 18.1 Å². The van der Waals surface area contributed by atoms with Crippen molar-refractivity contribution in [2.24, 2.45) is 0 Å². The minimum atomic E-state index is -0.827. The molecule has 0 atom stereocenters. The molecular weight excluding hydrogens is 434 g/mol. The minimum absolute atomic E-state index is 0.109. The zero-order chi connectivity index (χ0) is 24.1. The molecule has 0 radical (unpaired) electrons. The Bertz CT molecular complexity index is 1000. The summed E-state index contributed by atoms with van der Waals surface area (Å²) in [6, 6.07) is 14.9. The SMILES string of the molecule is COCCCN1C(=O)N(Cc2ccccc2)C(=O)C12CCN(Cc1cccc(OC)c1O)CC2. The highest BCUT2D eigenvalue weighted by Crippen LogP contribution is 2.39. The zero-order valence-electron chi connectivity index (χ0n) is 19.9. The molecule has 4 rings (SSSR count). The maximum absolute atomic E-state index is 13.7.